The Hall–Kier alpha value is -1.77. The minimum absolute atomic E-state index is 0.0218. The summed E-state index contributed by atoms with van der Waals surface area (Å²) in [6.45, 7) is 1.15. The van der Waals surface area contributed by atoms with Gasteiger partial charge in [0.25, 0.3) is 11.6 Å². The van der Waals surface area contributed by atoms with Gasteiger partial charge < -0.3 is 15.4 Å². The molecule has 1 aromatic rings. The SMILES string of the molecule is CO[C@H]1CNCC1NC(=O)c1cc(Cl)ncc1[N+](=O)[O-]. The van der Waals surface area contributed by atoms with E-state index in [0.717, 1.165) is 6.20 Å². The monoisotopic (exact) mass is 300 g/mol. The third-order valence-electron chi connectivity index (χ3n) is 3.07. The number of pyridine rings is 1. The highest BCUT2D eigenvalue weighted by atomic mass is 35.5. The van der Waals surface area contributed by atoms with Crippen molar-refractivity contribution in [2.75, 3.05) is 20.2 Å². The quantitative estimate of drug-likeness (QED) is 0.472. The highest BCUT2D eigenvalue weighted by Gasteiger charge is 2.30. The minimum Gasteiger partial charge on any atom is -0.378 e. The van der Waals surface area contributed by atoms with Gasteiger partial charge in [0.2, 0.25) is 0 Å². The van der Waals surface area contributed by atoms with E-state index in [2.05, 4.69) is 15.6 Å². The first-order chi connectivity index (χ1) is 9.52. The number of nitrogens with zero attached hydrogens (tertiary/aromatic N) is 2. The number of nitro groups is 1. The van der Waals surface area contributed by atoms with E-state index >= 15 is 0 Å². The van der Waals surface area contributed by atoms with Crippen LogP contribution in [-0.2, 0) is 4.74 Å². The molecular weight excluding hydrogens is 288 g/mol. The second-order valence-corrected chi connectivity index (χ2v) is 4.68. The van der Waals surface area contributed by atoms with Crippen molar-refractivity contribution in [3.05, 3.63) is 33.1 Å². The topological polar surface area (TPSA) is 106 Å². The van der Waals surface area contributed by atoms with Gasteiger partial charge in [0.1, 0.15) is 16.9 Å². The number of ether oxygens (including phenoxy) is 1. The van der Waals surface area contributed by atoms with Crippen LogP contribution in [-0.4, -0.2) is 48.2 Å². The Kier molecular flexibility index (Phi) is 4.48. The largest absolute Gasteiger partial charge is 0.378 e. The molecule has 0 radical (unpaired) electrons. The number of hydrogen-bond donors (Lipinski definition) is 2. The minimum atomic E-state index is -0.668. The molecule has 8 nitrogen and oxygen atoms in total. The van der Waals surface area contributed by atoms with Gasteiger partial charge in [0.15, 0.2) is 0 Å². The van der Waals surface area contributed by atoms with E-state index in [4.69, 9.17) is 16.3 Å². The summed E-state index contributed by atoms with van der Waals surface area (Å²) in [5, 5.41) is 16.7. The highest BCUT2D eigenvalue weighted by Crippen LogP contribution is 2.20. The Morgan fingerprint density at radius 3 is 3.05 bits per heavy atom. The molecule has 108 valence electrons. The van der Waals surface area contributed by atoms with Crippen molar-refractivity contribution in [1.82, 2.24) is 15.6 Å². The molecule has 1 amide bonds. The van der Waals surface area contributed by atoms with E-state index in [9.17, 15) is 14.9 Å². The summed E-state index contributed by atoms with van der Waals surface area (Å²) < 4.78 is 5.21. The molecule has 1 aliphatic heterocycles. The summed E-state index contributed by atoms with van der Waals surface area (Å²) in [6.07, 6.45) is 0.799. The van der Waals surface area contributed by atoms with Gasteiger partial charge >= 0.3 is 0 Å². The zero-order chi connectivity index (χ0) is 14.7. The molecule has 0 spiro atoms. The molecule has 2 N–H and O–H groups in total. The van der Waals surface area contributed by atoms with Crippen LogP contribution in [0.1, 0.15) is 10.4 Å². The zero-order valence-electron chi connectivity index (χ0n) is 10.6. The first kappa shape index (κ1) is 14.6. The van der Waals surface area contributed by atoms with Crippen molar-refractivity contribution < 1.29 is 14.5 Å². The van der Waals surface area contributed by atoms with E-state index in [1.54, 1.807) is 7.11 Å². The van der Waals surface area contributed by atoms with Gasteiger partial charge in [-0.15, -0.1) is 0 Å². The maximum absolute atomic E-state index is 12.2. The fraction of sp³-hybridized carbons (Fsp3) is 0.455. The van der Waals surface area contributed by atoms with Gasteiger partial charge in [-0.2, -0.15) is 0 Å². The maximum Gasteiger partial charge on any atom is 0.300 e. The number of amides is 1. The van der Waals surface area contributed by atoms with Crippen LogP contribution in [0.3, 0.4) is 0 Å². The number of carbonyl (C=O) groups is 1. The van der Waals surface area contributed by atoms with Crippen molar-refractivity contribution in [3.8, 4) is 0 Å². The van der Waals surface area contributed by atoms with Gasteiger partial charge in [0.05, 0.1) is 17.1 Å². The second kappa shape index (κ2) is 6.12. The van der Waals surface area contributed by atoms with Crippen LogP contribution in [0.25, 0.3) is 0 Å². The Morgan fingerprint density at radius 2 is 2.40 bits per heavy atom. The lowest BCUT2D eigenvalue weighted by Gasteiger charge is -2.18. The van der Waals surface area contributed by atoms with Crippen LogP contribution < -0.4 is 10.6 Å². The van der Waals surface area contributed by atoms with Gasteiger partial charge in [-0.25, -0.2) is 4.98 Å². The molecule has 1 fully saturated rings. The number of rotatable bonds is 4. The van der Waals surface area contributed by atoms with E-state index in [0.29, 0.717) is 13.1 Å². The summed E-state index contributed by atoms with van der Waals surface area (Å²) in [6, 6.07) is 0.929. The van der Waals surface area contributed by atoms with Crippen LogP contribution in [0.5, 0.6) is 0 Å². The van der Waals surface area contributed by atoms with E-state index in [-0.39, 0.29) is 28.5 Å². The molecule has 2 rings (SSSR count). The highest BCUT2D eigenvalue weighted by molar-refractivity contribution is 6.29. The van der Waals surface area contributed by atoms with E-state index < -0.39 is 10.8 Å². The van der Waals surface area contributed by atoms with Gasteiger partial charge in [-0.3, -0.25) is 14.9 Å². The molecule has 1 aromatic heterocycles. The molecule has 2 heterocycles. The van der Waals surface area contributed by atoms with Crippen LogP contribution >= 0.6 is 11.6 Å². The third kappa shape index (κ3) is 3.03. The molecule has 0 bridgehead atoms. The molecule has 1 aliphatic rings. The molecular formula is C11H13ClN4O4. The molecule has 0 aliphatic carbocycles. The number of carbonyl (C=O) groups excluding carboxylic acids is 1. The Morgan fingerprint density at radius 1 is 1.65 bits per heavy atom. The average molecular weight is 301 g/mol. The normalized spacial score (nSPS) is 21.7. The zero-order valence-corrected chi connectivity index (χ0v) is 11.4. The van der Waals surface area contributed by atoms with Crippen LogP contribution in [0, 0.1) is 10.1 Å². The van der Waals surface area contributed by atoms with E-state index in [1.165, 1.54) is 6.07 Å². The lowest BCUT2D eigenvalue weighted by atomic mass is 10.1. The van der Waals surface area contributed by atoms with Gasteiger partial charge in [-0.1, -0.05) is 11.6 Å². The molecule has 1 saturated heterocycles. The van der Waals surface area contributed by atoms with Gasteiger partial charge in [-0.05, 0) is 6.07 Å². The summed E-state index contributed by atoms with van der Waals surface area (Å²) >= 11 is 5.69. The van der Waals surface area contributed by atoms with Crippen molar-refractivity contribution in [2.45, 2.75) is 12.1 Å². The molecule has 0 saturated carbocycles. The Balaban J connectivity index is 2.20. The second-order valence-electron chi connectivity index (χ2n) is 4.29. The predicted octanol–water partition coefficient (Wildman–Crippen LogP) is 0.360. The van der Waals surface area contributed by atoms with Gasteiger partial charge in [0, 0.05) is 20.2 Å². The number of hydrogen-bond acceptors (Lipinski definition) is 6. The first-order valence-electron chi connectivity index (χ1n) is 5.87. The predicted molar refractivity (Wildman–Crippen MR) is 70.8 cm³/mol. The third-order valence-corrected chi connectivity index (χ3v) is 3.28. The molecule has 1 unspecified atom stereocenters. The van der Waals surface area contributed by atoms with Crippen molar-refractivity contribution in [1.29, 1.82) is 0 Å². The van der Waals surface area contributed by atoms with Crippen LogP contribution in [0.15, 0.2) is 12.3 Å². The summed E-state index contributed by atoms with van der Waals surface area (Å²) in [7, 11) is 1.54. The summed E-state index contributed by atoms with van der Waals surface area (Å²) in [5.41, 5.74) is -0.497. The van der Waals surface area contributed by atoms with Crippen molar-refractivity contribution in [3.63, 3.8) is 0 Å². The lowest BCUT2D eigenvalue weighted by Crippen LogP contribution is -2.43. The van der Waals surface area contributed by atoms with E-state index in [1.807, 2.05) is 0 Å². The number of methoxy groups -OCH3 is 1. The fourth-order valence-electron chi connectivity index (χ4n) is 2.04. The van der Waals surface area contributed by atoms with Crippen molar-refractivity contribution in [2.24, 2.45) is 0 Å². The van der Waals surface area contributed by atoms with Crippen LogP contribution in [0.4, 0.5) is 5.69 Å². The number of halogens is 1. The average Bonchev–Trinajstić information content (AvgIpc) is 2.85. The number of aromatic nitrogens is 1. The first-order valence-corrected chi connectivity index (χ1v) is 6.25. The smallest absolute Gasteiger partial charge is 0.300 e. The van der Waals surface area contributed by atoms with Crippen LogP contribution in [0.2, 0.25) is 5.15 Å². The molecule has 2 atom stereocenters. The molecule has 20 heavy (non-hydrogen) atoms. The Labute approximate surface area is 119 Å². The lowest BCUT2D eigenvalue weighted by molar-refractivity contribution is -0.385. The standard InChI is InChI=1S/C11H13ClN4O4/c1-20-9-5-13-3-7(9)15-11(17)6-2-10(12)14-4-8(6)16(18)19/h2,4,7,9,13H,3,5H2,1H3,(H,15,17)/t7?,9-/m0/s1. The Bertz CT molecular complexity index is 539. The summed E-state index contributed by atoms with van der Waals surface area (Å²) in [5.74, 6) is -0.572. The number of nitrogens with one attached hydrogen (secondary N) is 2. The molecule has 0 aromatic carbocycles. The molecule has 9 heteroatoms. The maximum atomic E-state index is 12.2. The fourth-order valence-corrected chi connectivity index (χ4v) is 2.20. The van der Waals surface area contributed by atoms with Crippen molar-refractivity contribution >= 4 is 23.2 Å². The summed E-state index contributed by atoms with van der Waals surface area (Å²) in [4.78, 5) is 26.0.